The van der Waals surface area contributed by atoms with Crippen molar-refractivity contribution in [3.8, 4) is 11.8 Å². The van der Waals surface area contributed by atoms with Crippen molar-refractivity contribution in [2.75, 3.05) is 13.1 Å². The second-order valence-electron chi connectivity index (χ2n) is 6.10. The van der Waals surface area contributed by atoms with E-state index in [4.69, 9.17) is 5.26 Å². The first-order chi connectivity index (χ1) is 12.2. The number of amides is 2. The highest BCUT2D eigenvalue weighted by Crippen LogP contribution is 2.14. The maximum absolute atomic E-state index is 12.4. The van der Waals surface area contributed by atoms with Crippen molar-refractivity contribution in [1.82, 2.24) is 14.8 Å². The Kier molecular flexibility index (Phi) is 5.14. The fraction of sp³-hybridized carbons (Fsp3) is 0.316. The molecule has 0 spiro atoms. The molecule has 0 radical (unpaired) electrons. The summed E-state index contributed by atoms with van der Waals surface area (Å²) in [4.78, 5) is 25.8. The van der Waals surface area contributed by atoms with Crippen LogP contribution in [0.2, 0.25) is 0 Å². The van der Waals surface area contributed by atoms with Crippen molar-refractivity contribution < 1.29 is 9.59 Å². The van der Waals surface area contributed by atoms with E-state index in [1.165, 1.54) is 0 Å². The molecular weight excluding hydrogens is 316 g/mol. The van der Waals surface area contributed by atoms with Gasteiger partial charge in [0, 0.05) is 42.8 Å². The maximum Gasteiger partial charge on any atom is 0.251 e. The number of likely N-dealkylation sites (tertiary alicyclic amines) is 1. The molecule has 1 N–H and O–H groups in total. The van der Waals surface area contributed by atoms with Crippen molar-refractivity contribution in [2.24, 2.45) is 0 Å². The van der Waals surface area contributed by atoms with E-state index in [2.05, 4.69) is 5.32 Å². The summed E-state index contributed by atoms with van der Waals surface area (Å²) in [5.74, 6) is -0.228. The van der Waals surface area contributed by atoms with E-state index in [-0.39, 0.29) is 24.3 Å². The predicted molar refractivity (Wildman–Crippen MR) is 93.1 cm³/mol. The molecule has 0 bridgehead atoms. The van der Waals surface area contributed by atoms with Gasteiger partial charge in [0.2, 0.25) is 5.91 Å². The molecule has 3 rings (SSSR count). The molecule has 2 heterocycles. The number of hydrogen-bond donors (Lipinski definition) is 1. The van der Waals surface area contributed by atoms with Gasteiger partial charge in [-0.05, 0) is 49.2 Å². The second-order valence-corrected chi connectivity index (χ2v) is 6.10. The molecule has 6 heteroatoms. The van der Waals surface area contributed by atoms with Gasteiger partial charge >= 0.3 is 0 Å². The van der Waals surface area contributed by atoms with Crippen LogP contribution in [0.25, 0.3) is 5.69 Å². The Morgan fingerprint density at radius 3 is 2.36 bits per heavy atom. The van der Waals surface area contributed by atoms with Crippen molar-refractivity contribution in [2.45, 2.75) is 25.3 Å². The summed E-state index contributed by atoms with van der Waals surface area (Å²) < 4.78 is 1.98. The lowest BCUT2D eigenvalue weighted by molar-refractivity contribution is -0.131. The van der Waals surface area contributed by atoms with Crippen LogP contribution in [0.1, 0.15) is 29.6 Å². The number of carbonyl (C=O) groups excluding carboxylic acids is 2. The summed E-state index contributed by atoms with van der Waals surface area (Å²) in [6.07, 6.45) is 5.26. The van der Waals surface area contributed by atoms with Gasteiger partial charge in [-0.25, -0.2) is 0 Å². The first-order valence-corrected chi connectivity index (χ1v) is 8.36. The standard InChI is InChI=1S/C19H20N4O2/c20-10-7-18(24)23-13-8-16(9-14-23)21-19(25)15-3-5-17(6-4-15)22-11-1-2-12-22/h1-6,11-12,16H,7-9,13-14H2,(H,21,25). The van der Waals surface area contributed by atoms with Crippen molar-refractivity contribution in [3.63, 3.8) is 0 Å². The second kappa shape index (κ2) is 7.67. The van der Waals surface area contributed by atoms with E-state index in [0.29, 0.717) is 31.5 Å². The van der Waals surface area contributed by atoms with Gasteiger partial charge in [-0.15, -0.1) is 0 Å². The molecule has 0 unspecified atom stereocenters. The summed E-state index contributed by atoms with van der Waals surface area (Å²) in [5, 5.41) is 11.6. The molecule has 0 atom stereocenters. The van der Waals surface area contributed by atoms with Crippen LogP contribution in [-0.4, -0.2) is 40.4 Å². The highest BCUT2D eigenvalue weighted by atomic mass is 16.2. The molecule has 128 valence electrons. The normalized spacial score (nSPS) is 14.8. The van der Waals surface area contributed by atoms with Crippen molar-refractivity contribution in [1.29, 1.82) is 5.26 Å². The van der Waals surface area contributed by atoms with Gasteiger partial charge in [0.1, 0.15) is 6.42 Å². The van der Waals surface area contributed by atoms with Crippen LogP contribution in [-0.2, 0) is 4.79 Å². The van der Waals surface area contributed by atoms with E-state index in [1.807, 2.05) is 59.4 Å². The smallest absolute Gasteiger partial charge is 0.251 e. The van der Waals surface area contributed by atoms with E-state index in [1.54, 1.807) is 4.90 Å². The summed E-state index contributed by atoms with van der Waals surface area (Å²) >= 11 is 0. The minimum Gasteiger partial charge on any atom is -0.349 e. The quantitative estimate of drug-likeness (QED) is 0.929. The summed E-state index contributed by atoms with van der Waals surface area (Å²) in [6.45, 7) is 1.16. The van der Waals surface area contributed by atoms with E-state index >= 15 is 0 Å². The van der Waals surface area contributed by atoms with Crippen molar-refractivity contribution in [3.05, 3.63) is 54.4 Å². The third-order valence-corrected chi connectivity index (χ3v) is 4.45. The number of nitrogens with zero attached hydrogens (tertiary/aromatic N) is 3. The van der Waals surface area contributed by atoms with Gasteiger partial charge in [0.25, 0.3) is 5.91 Å². The Labute approximate surface area is 146 Å². The lowest BCUT2D eigenvalue weighted by Gasteiger charge is -2.32. The maximum atomic E-state index is 12.4. The number of benzene rings is 1. The third-order valence-electron chi connectivity index (χ3n) is 4.45. The average molecular weight is 336 g/mol. The molecular formula is C19H20N4O2. The topological polar surface area (TPSA) is 78.1 Å². The van der Waals surface area contributed by atoms with Crippen LogP contribution in [0.3, 0.4) is 0 Å². The molecule has 6 nitrogen and oxygen atoms in total. The predicted octanol–water partition coefficient (Wildman–Crippen LogP) is 2.11. The number of piperidine rings is 1. The molecule has 2 amide bonds. The van der Waals surface area contributed by atoms with Gasteiger partial charge in [-0.1, -0.05) is 0 Å². The molecule has 1 aromatic carbocycles. The van der Waals surface area contributed by atoms with Gasteiger partial charge in [0.15, 0.2) is 0 Å². The van der Waals surface area contributed by atoms with Crippen molar-refractivity contribution >= 4 is 11.8 Å². The number of rotatable bonds is 4. The molecule has 1 aromatic heterocycles. The third kappa shape index (κ3) is 4.07. The Hall–Kier alpha value is -3.07. The minimum atomic E-state index is -0.132. The van der Waals surface area contributed by atoms with Gasteiger partial charge < -0.3 is 14.8 Å². The van der Waals surface area contributed by atoms with Crippen LogP contribution in [0.5, 0.6) is 0 Å². The Bertz CT molecular complexity index is 767. The molecule has 0 aliphatic carbocycles. The van der Waals surface area contributed by atoms with Crippen LogP contribution in [0, 0.1) is 11.3 Å². The van der Waals surface area contributed by atoms with E-state index in [9.17, 15) is 9.59 Å². The van der Waals surface area contributed by atoms with Crippen LogP contribution in [0.15, 0.2) is 48.8 Å². The van der Waals surface area contributed by atoms with E-state index in [0.717, 1.165) is 5.69 Å². The van der Waals surface area contributed by atoms with Crippen LogP contribution in [0.4, 0.5) is 0 Å². The Morgan fingerprint density at radius 1 is 1.12 bits per heavy atom. The monoisotopic (exact) mass is 336 g/mol. The summed E-state index contributed by atoms with van der Waals surface area (Å²) in [5.41, 5.74) is 1.63. The first kappa shape index (κ1) is 16.8. The molecule has 2 aromatic rings. The highest BCUT2D eigenvalue weighted by Gasteiger charge is 2.23. The average Bonchev–Trinajstić information content (AvgIpc) is 3.17. The minimum absolute atomic E-state index is 0.0581. The Balaban J connectivity index is 1.53. The number of nitriles is 1. The number of carbonyl (C=O) groups is 2. The molecule has 25 heavy (non-hydrogen) atoms. The number of aromatic nitrogens is 1. The molecule has 1 saturated heterocycles. The molecule has 1 fully saturated rings. The largest absolute Gasteiger partial charge is 0.349 e. The molecule has 1 aliphatic rings. The highest BCUT2D eigenvalue weighted by molar-refractivity contribution is 5.94. The molecule has 1 aliphatic heterocycles. The van der Waals surface area contributed by atoms with Gasteiger partial charge in [0.05, 0.1) is 6.07 Å². The van der Waals surface area contributed by atoms with Gasteiger partial charge in [-0.2, -0.15) is 5.26 Å². The van der Waals surface area contributed by atoms with Crippen LogP contribution < -0.4 is 5.32 Å². The molecule has 0 saturated carbocycles. The fourth-order valence-corrected chi connectivity index (χ4v) is 3.01. The lowest BCUT2D eigenvalue weighted by Crippen LogP contribution is -2.46. The lowest BCUT2D eigenvalue weighted by atomic mass is 10.0. The zero-order valence-electron chi connectivity index (χ0n) is 13.9. The Morgan fingerprint density at radius 2 is 1.76 bits per heavy atom. The number of hydrogen-bond acceptors (Lipinski definition) is 3. The summed E-state index contributed by atoms with van der Waals surface area (Å²) in [7, 11) is 0. The van der Waals surface area contributed by atoms with Crippen LogP contribution >= 0.6 is 0 Å². The zero-order valence-corrected chi connectivity index (χ0v) is 13.9. The first-order valence-electron chi connectivity index (χ1n) is 8.36. The van der Waals surface area contributed by atoms with Gasteiger partial charge in [-0.3, -0.25) is 9.59 Å². The SMILES string of the molecule is N#CCC(=O)N1CCC(NC(=O)c2ccc(-n3cccc3)cc2)CC1. The fourth-order valence-electron chi connectivity index (χ4n) is 3.01. The summed E-state index contributed by atoms with van der Waals surface area (Å²) in [6, 6.07) is 13.3. The van der Waals surface area contributed by atoms with E-state index < -0.39 is 0 Å². The zero-order chi connectivity index (χ0) is 17.6. The number of nitrogens with one attached hydrogen (secondary N) is 1.